The number of anilines is 1. The van der Waals surface area contributed by atoms with Crippen molar-refractivity contribution in [1.29, 1.82) is 0 Å². The normalized spacial score (nSPS) is 18.3. The second-order valence-corrected chi connectivity index (χ2v) is 5.14. The molecule has 2 nitrogen and oxygen atoms in total. The predicted octanol–water partition coefficient (Wildman–Crippen LogP) is 3.04. The third-order valence-electron chi connectivity index (χ3n) is 2.54. The lowest BCUT2D eigenvalue weighted by atomic mass is 9.89. The zero-order chi connectivity index (χ0) is 10.9. The fraction of sp³-hybridized carbons (Fsp3) is 0.455. The molecule has 1 N–H and O–H groups in total. The van der Waals surface area contributed by atoms with Crippen LogP contribution in [0.5, 0.6) is 0 Å². The van der Waals surface area contributed by atoms with Gasteiger partial charge >= 0.3 is 0 Å². The fourth-order valence-corrected chi connectivity index (χ4v) is 1.88. The number of benzene rings is 1. The summed E-state index contributed by atoms with van der Waals surface area (Å²) in [6, 6.07) is 4.63. The average Bonchev–Trinajstić information content (AvgIpc) is 2.17. The van der Waals surface area contributed by atoms with Gasteiger partial charge in [0.15, 0.2) is 0 Å². The molecule has 0 unspecified atom stereocenters. The molecule has 82 valence electrons. The van der Waals surface area contributed by atoms with E-state index >= 15 is 0 Å². The summed E-state index contributed by atoms with van der Waals surface area (Å²) < 4.78 is 19.0. The molecule has 1 saturated heterocycles. The van der Waals surface area contributed by atoms with E-state index in [9.17, 15) is 4.39 Å². The highest BCUT2D eigenvalue weighted by Crippen LogP contribution is 2.29. The summed E-state index contributed by atoms with van der Waals surface area (Å²) in [5.74, 6) is -0.226. The van der Waals surface area contributed by atoms with Crippen molar-refractivity contribution in [2.24, 2.45) is 5.41 Å². The molecule has 1 aliphatic heterocycles. The van der Waals surface area contributed by atoms with Crippen LogP contribution in [-0.2, 0) is 4.74 Å². The zero-order valence-electron chi connectivity index (χ0n) is 8.52. The maximum absolute atomic E-state index is 13.0. The van der Waals surface area contributed by atoms with Crippen LogP contribution < -0.4 is 5.32 Å². The second-order valence-electron chi connectivity index (χ2n) is 4.28. The van der Waals surface area contributed by atoms with Gasteiger partial charge in [0, 0.05) is 16.4 Å². The first-order valence-electron chi connectivity index (χ1n) is 4.86. The summed E-state index contributed by atoms with van der Waals surface area (Å²) in [5, 5.41) is 3.23. The van der Waals surface area contributed by atoms with Crippen molar-refractivity contribution in [2.45, 2.75) is 6.92 Å². The van der Waals surface area contributed by atoms with E-state index in [0.29, 0.717) is 0 Å². The van der Waals surface area contributed by atoms with E-state index in [4.69, 9.17) is 4.74 Å². The van der Waals surface area contributed by atoms with Gasteiger partial charge in [-0.25, -0.2) is 4.39 Å². The Morgan fingerprint density at radius 3 is 2.87 bits per heavy atom. The minimum absolute atomic E-state index is 0.186. The summed E-state index contributed by atoms with van der Waals surface area (Å²) in [5.41, 5.74) is 0.981. The molecule has 0 bridgehead atoms. The molecule has 1 fully saturated rings. The molecular formula is C11H13BrFNO. The Bertz CT molecular complexity index is 366. The molecule has 0 aliphatic carbocycles. The smallest absolute Gasteiger partial charge is 0.125 e. The van der Waals surface area contributed by atoms with E-state index in [1.807, 2.05) is 0 Å². The fourth-order valence-electron chi connectivity index (χ4n) is 1.49. The Balaban J connectivity index is 2.01. The first-order valence-corrected chi connectivity index (χ1v) is 5.65. The van der Waals surface area contributed by atoms with E-state index in [-0.39, 0.29) is 11.2 Å². The molecule has 4 heteroatoms. The third kappa shape index (κ3) is 2.49. The Morgan fingerprint density at radius 1 is 1.53 bits per heavy atom. The van der Waals surface area contributed by atoms with E-state index < -0.39 is 0 Å². The number of hydrogen-bond donors (Lipinski definition) is 1. The largest absolute Gasteiger partial charge is 0.383 e. The summed E-state index contributed by atoms with van der Waals surface area (Å²) in [6.07, 6.45) is 0. The monoisotopic (exact) mass is 273 g/mol. The Morgan fingerprint density at radius 2 is 2.27 bits per heavy atom. The molecule has 0 amide bonds. The van der Waals surface area contributed by atoms with Crippen molar-refractivity contribution in [1.82, 2.24) is 0 Å². The van der Waals surface area contributed by atoms with Crippen LogP contribution in [0.15, 0.2) is 22.7 Å². The molecule has 0 atom stereocenters. The zero-order valence-corrected chi connectivity index (χ0v) is 10.1. The minimum atomic E-state index is -0.226. The molecule has 0 aromatic heterocycles. The molecule has 2 rings (SSSR count). The van der Waals surface area contributed by atoms with Crippen molar-refractivity contribution in [3.63, 3.8) is 0 Å². The van der Waals surface area contributed by atoms with Gasteiger partial charge in [-0.05, 0) is 34.1 Å². The first kappa shape index (κ1) is 10.9. The van der Waals surface area contributed by atoms with Crippen LogP contribution in [0.25, 0.3) is 0 Å². The number of halogens is 2. The van der Waals surface area contributed by atoms with Crippen LogP contribution in [0.3, 0.4) is 0 Å². The topological polar surface area (TPSA) is 21.3 Å². The van der Waals surface area contributed by atoms with Gasteiger partial charge in [0.1, 0.15) is 5.82 Å². The lowest BCUT2D eigenvalue weighted by Gasteiger charge is -2.38. The van der Waals surface area contributed by atoms with Crippen LogP contribution in [0.1, 0.15) is 6.92 Å². The van der Waals surface area contributed by atoms with Gasteiger partial charge in [-0.15, -0.1) is 0 Å². The maximum atomic E-state index is 13.0. The number of nitrogens with one attached hydrogen (secondary N) is 1. The second kappa shape index (κ2) is 4.10. The molecule has 1 aromatic rings. The molecular weight excluding hydrogens is 261 g/mol. The summed E-state index contributed by atoms with van der Waals surface area (Å²) in [4.78, 5) is 0. The van der Waals surface area contributed by atoms with Gasteiger partial charge in [-0.1, -0.05) is 6.92 Å². The molecule has 1 heterocycles. The van der Waals surface area contributed by atoms with E-state index in [1.54, 1.807) is 6.07 Å². The van der Waals surface area contributed by atoms with Crippen LogP contribution in [0.4, 0.5) is 10.1 Å². The maximum Gasteiger partial charge on any atom is 0.125 e. The van der Waals surface area contributed by atoms with Gasteiger partial charge in [0.2, 0.25) is 0 Å². The highest BCUT2D eigenvalue weighted by molar-refractivity contribution is 9.10. The molecule has 0 radical (unpaired) electrons. The van der Waals surface area contributed by atoms with Crippen LogP contribution in [-0.4, -0.2) is 19.8 Å². The average molecular weight is 274 g/mol. The molecule has 1 aliphatic rings. The van der Waals surface area contributed by atoms with E-state index in [2.05, 4.69) is 28.2 Å². The van der Waals surface area contributed by atoms with Crippen molar-refractivity contribution in [3.8, 4) is 0 Å². The van der Waals surface area contributed by atoms with Gasteiger partial charge in [0.25, 0.3) is 0 Å². The Labute approximate surface area is 96.9 Å². The Hall–Kier alpha value is -0.610. The minimum Gasteiger partial charge on any atom is -0.383 e. The standard InChI is InChI=1S/C11H13BrFNO/c1-11(6-15-7-11)5-14-10-4-8(13)2-3-9(10)12/h2-4,14H,5-7H2,1H3. The van der Waals surface area contributed by atoms with Crippen molar-refractivity contribution < 1.29 is 9.13 Å². The van der Waals surface area contributed by atoms with Gasteiger partial charge in [-0.3, -0.25) is 0 Å². The number of rotatable bonds is 3. The van der Waals surface area contributed by atoms with Gasteiger partial charge in [-0.2, -0.15) is 0 Å². The van der Waals surface area contributed by atoms with Crippen LogP contribution >= 0.6 is 15.9 Å². The lowest BCUT2D eigenvalue weighted by Crippen LogP contribution is -2.45. The molecule has 0 spiro atoms. The highest BCUT2D eigenvalue weighted by atomic mass is 79.9. The quantitative estimate of drug-likeness (QED) is 0.914. The predicted molar refractivity (Wildman–Crippen MR) is 61.5 cm³/mol. The van der Waals surface area contributed by atoms with E-state index in [0.717, 1.165) is 29.9 Å². The van der Waals surface area contributed by atoms with E-state index in [1.165, 1.54) is 12.1 Å². The molecule has 15 heavy (non-hydrogen) atoms. The third-order valence-corrected chi connectivity index (χ3v) is 3.23. The number of ether oxygens (including phenoxy) is 1. The number of hydrogen-bond acceptors (Lipinski definition) is 2. The summed E-state index contributed by atoms with van der Waals surface area (Å²) in [7, 11) is 0. The molecule has 1 aromatic carbocycles. The first-order chi connectivity index (χ1) is 7.09. The highest BCUT2D eigenvalue weighted by Gasteiger charge is 2.33. The van der Waals surface area contributed by atoms with Crippen molar-refractivity contribution >= 4 is 21.6 Å². The molecule has 0 saturated carbocycles. The van der Waals surface area contributed by atoms with Crippen LogP contribution in [0.2, 0.25) is 0 Å². The van der Waals surface area contributed by atoms with Gasteiger partial charge < -0.3 is 10.1 Å². The summed E-state index contributed by atoms with van der Waals surface area (Å²) in [6.45, 7) is 4.49. The Kier molecular flexibility index (Phi) is 2.98. The van der Waals surface area contributed by atoms with Crippen molar-refractivity contribution in [3.05, 3.63) is 28.5 Å². The van der Waals surface area contributed by atoms with Crippen molar-refractivity contribution in [2.75, 3.05) is 25.1 Å². The van der Waals surface area contributed by atoms with Crippen LogP contribution in [0, 0.1) is 11.2 Å². The van der Waals surface area contributed by atoms with Gasteiger partial charge in [0.05, 0.1) is 18.9 Å². The summed E-state index contributed by atoms with van der Waals surface area (Å²) >= 11 is 3.38. The lowest BCUT2D eigenvalue weighted by molar-refractivity contribution is -0.0924. The SMILES string of the molecule is CC1(CNc2cc(F)ccc2Br)COC1.